The number of H-pyrrole nitrogens is 1. The van der Waals surface area contributed by atoms with E-state index in [9.17, 15) is 9.59 Å². The molecule has 3 heterocycles. The Bertz CT molecular complexity index is 843. The fourth-order valence-corrected chi connectivity index (χ4v) is 3.42. The number of carbonyl (C=O) groups excluding carboxylic acids is 1. The minimum atomic E-state index is -0.280. The fraction of sp³-hybridized carbons (Fsp3) is 0.588. The summed E-state index contributed by atoms with van der Waals surface area (Å²) in [6.07, 6.45) is 4.19. The van der Waals surface area contributed by atoms with E-state index < -0.39 is 0 Å². The summed E-state index contributed by atoms with van der Waals surface area (Å²) in [5.41, 5.74) is 1.57. The molecule has 0 bridgehead atoms. The normalized spacial score (nSPS) is 22.0. The molecule has 1 saturated heterocycles. The summed E-state index contributed by atoms with van der Waals surface area (Å²) in [5, 5.41) is 6.06. The lowest BCUT2D eigenvalue weighted by molar-refractivity contribution is 0.0713. The molecule has 1 aliphatic heterocycles. The van der Waals surface area contributed by atoms with Crippen LogP contribution in [-0.2, 0) is 11.8 Å². The monoisotopic (exact) mass is 330 g/mol. The SMILES string of the molecule is C[C@@H](NC(=O)c1cc(C2CC2)nc2c1c(=O)[nH]n2C)[C@H]1CCCO1. The van der Waals surface area contributed by atoms with Crippen LogP contribution in [0.4, 0.5) is 0 Å². The van der Waals surface area contributed by atoms with Gasteiger partial charge in [0.1, 0.15) is 0 Å². The maximum Gasteiger partial charge on any atom is 0.274 e. The number of hydrogen-bond donors (Lipinski definition) is 2. The van der Waals surface area contributed by atoms with Gasteiger partial charge in [-0.2, -0.15) is 0 Å². The molecule has 24 heavy (non-hydrogen) atoms. The van der Waals surface area contributed by atoms with E-state index in [4.69, 9.17) is 4.74 Å². The van der Waals surface area contributed by atoms with Gasteiger partial charge in [-0.15, -0.1) is 0 Å². The van der Waals surface area contributed by atoms with Crippen molar-refractivity contribution in [2.45, 2.75) is 50.7 Å². The topological polar surface area (TPSA) is 89.0 Å². The van der Waals surface area contributed by atoms with Crippen molar-refractivity contribution in [1.82, 2.24) is 20.1 Å². The smallest absolute Gasteiger partial charge is 0.274 e. The van der Waals surface area contributed by atoms with Gasteiger partial charge in [-0.25, -0.2) is 4.98 Å². The molecular formula is C17H22N4O3. The Balaban J connectivity index is 1.71. The van der Waals surface area contributed by atoms with Gasteiger partial charge in [-0.1, -0.05) is 0 Å². The first-order valence-electron chi connectivity index (χ1n) is 8.56. The molecule has 1 amide bonds. The quantitative estimate of drug-likeness (QED) is 0.888. The minimum absolute atomic E-state index is 0.0447. The maximum atomic E-state index is 12.8. The van der Waals surface area contributed by atoms with Crippen LogP contribution in [0.25, 0.3) is 11.0 Å². The second kappa shape index (κ2) is 5.73. The molecule has 1 saturated carbocycles. The number of ether oxygens (including phenoxy) is 1. The first-order valence-corrected chi connectivity index (χ1v) is 8.56. The number of aryl methyl sites for hydroxylation is 1. The Hall–Kier alpha value is -2.15. The van der Waals surface area contributed by atoms with Crippen molar-refractivity contribution >= 4 is 16.9 Å². The number of nitrogens with zero attached hydrogens (tertiary/aromatic N) is 2. The van der Waals surface area contributed by atoms with Crippen LogP contribution in [0.3, 0.4) is 0 Å². The summed E-state index contributed by atoms with van der Waals surface area (Å²) in [5.74, 6) is 0.172. The molecule has 0 spiro atoms. The van der Waals surface area contributed by atoms with Crippen molar-refractivity contribution in [2.75, 3.05) is 6.61 Å². The predicted molar refractivity (Wildman–Crippen MR) is 89.2 cm³/mol. The molecule has 4 rings (SSSR count). The third-order valence-corrected chi connectivity index (χ3v) is 4.96. The largest absolute Gasteiger partial charge is 0.376 e. The van der Waals surface area contributed by atoms with Crippen LogP contribution >= 0.6 is 0 Å². The zero-order chi connectivity index (χ0) is 16.8. The van der Waals surface area contributed by atoms with E-state index in [-0.39, 0.29) is 23.6 Å². The van der Waals surface area contributed by atoms with E-state index in [1.807, 2.05) is 6.92 Å². The molecule has 2 aliphatic rings. The molecule has 2 atom stereocenters. The lowest BCUT2D eigenvalue weighted by Gasteiger charge is -2.20. The summed E-state index contributed by atoms with van der Waals surface area (Å²) in [6.45, 7) is 2.69. The average molecular weight is 330 g/mol. The highest BCUT2D eigenvalue weighted by molar-refractivity contribution is 6.05. The Morgan fingerprint density at radius 2 is 2.25 bits per heavy atom. The minimum Gasteiger partial charge on any atom is -0.376 e. The summed E-state index contributed by atoms with van der Waals surface area (Å²) in [4.78, 5) is 29.7. The molecule has 0 radical (unpaired) electrons. The van der Waals surface area contributed by atoms with Gasteiger partial charge in [0.2, 0.25) is 0 Å². The first kappa shape index (κ1) is 15.4. The third kappa shape index (κ3) is 2.62. The van der Waals surface area contributed by atoms with Gasteiger partial charge in [0.15, 0.2) is 5.65 Å². The lowest BCUT2D eigenvalue weighted by atomic mass is 10.1. The highest BCUT2D eigenvalue weighted by Crippen LogP contribution is 2.39. The number of nitrogens with one attached hydrogen (secondary N) is 2. The molecule has 2 fully saturated rings. The summed E-state index contributed by atoms with van der Waals surface area (Å²) in [6, 6.07) is 1.70. The number of aromatic nitrogens is 3. The van der Waals surface area contributed by atoms with E-state index in [2.05, 4.69) is 15.4 Å². The molecule has 7 nitrogen and oxygen atoms in total. The Kier molecular flexibility index (Phi) is 3.68. The summed E-state index contributed by atoms with van der Waals surface area (Å²) in [7, 11) is 1.74. The highest BCUT2D eigenvalue weighted by atomic mass is 16.5. The fourth-order valence-electron chi connectivity index (χ4n) is 3.42. The Morgan fingerprint density at radius 3 is 2.92 bits per heavy atom. The first-order chi connectivity index (χ1) is 11.5. The molecule has 1 aliphatic carbocycles. The van der Waals surface area contributed by atoms with E-state index in [0.717, 1.165) is 38.0 Å². The van der Waals surface area contributed by atoms with Gasteiger partial charge in [-0.05, 0) is 38.7 Å². The van der Waals surface area contributed by atoms with E-state index >= 15 is 0 Å². The van der Waals surface area contributed by atoms with Crippen LogP contribution in [0, 0.1) is 0 Å². The van der Waals surface area contributed by atoms with Crippen molar-refractivity contribution in [1.29, 1.82) is 0 Å². The van der Waals surface area contributed by atoms with Crippen LogP contribution in [0.15, 0.2) is 10.9 Å². The highest BCUT2D eigenvalue weighted by Gasteiger charge is 2.30. The van der Waals surface area contributed by atoms with Crippen LogP contribution in [0.5, 0.6) is 0 Å². The Morgan fingerprint density at radius 1 is 1.46 bits per heavy atom. The van der Waals surface area contributed by atoms with Gasteiger partial charge in [0, 0.05) is 25.3 Å². The van der Waals surface area contributed by atoms with E-state index in [1.165, 1.54) is 0 Å². The van der Waals surface area contributed by atoms with Crippen LogP contribution < -0.4 is 10.9 Å². The molecule has 128 valence electrons. The Labute approximate surface area is 139 Å². The number of rotatable bonds is 4. The molecule has 2 N–H and O–H groups in total. The number of aromatic amines is 1. The number of pyridine rings is 1. The van der Waals surface area contributed by atoms with Crippen molar-refractivity contribution in [3.05, 3.63) is 27.7 Å². The second-order valence-corrected chi connectivity index (χ2v) is 6.88. The maximum absolute atomic E-state index is 12.8. The van der Waals surface area contributed by atoms with E-state index in [0.29, 0.717) is 22.5 Å². The molecular weight excluding hydrogens is 308 g/mol. The third-order valence-electron chi connectivity index (χ3n) is 4.96. The zero-order valence-corrected chi connectivity index (χ0v) is 14.0. The lowest BCUT2D eigenvalue weighted by Crippen LogP contribution is -2.41. The van der Waals surface area contributed by atoms with Gasteiger partial charge < -0.3 is 10.1 Å². The number of amides is 1. The number of fused-ring (bicyclic) bond motifs is 1. The van der Waals surface area contributed by atoms with Crippen LogP contribution in [-0.4, -0.2) is 39.4 Å². The van der Waals surface area contributed by atoms with Crippen LogP contribution in [0.2, 0.25) is 0 Å². The summed E-state index contributed by atoms with van der Waals surface area (Å²) >= 11 is 0. The average Bonchev–Trinajstić information content (AvgIpc) is 3.18. The van der Waals surface area contributed by atoms with Crippen molar-refractivity contribution in [3.63, 3.8) is 0 Å². The van der Waals surface area contributed by atoms with Crippen molar-refractivity contribution in [3.8, 4) is 0 Å². The molecule has 7 heteroatoms. The predicted octanol–water partition coefficient (Wildman–Crippen LogP) is 1.44. The zero-order valence-electron chi connectivity index (χ0n) is 14.0. The van der Waals surface area contributed by atoms with Gasteiger partial charge in [0.05, 0.1) is 23.1 Å². The summed E-state index contributed by atoms with van der Waals surface area (Å²) < 4.78 is 7.23. The molecule has 2 aromatic heterocycles. The number of hydrogen-bond acceptors (Lipinski definition) is 4. The van der Waals surface area contributed by atoms with Crippen molar-refractivity contribution in [2.24, 2.45) is 7.05 Å². The number of carbonyl (C=O) groups is 1. The standard InChI is InChI=1S/C17H22N4O3/c1-9(13-4-3-7-24-13)18-16(22)11-8-12(10-5-6-10)19-15-14(11)17(23)20-21(15)2/h8-10,13H,3-7H2,1-2H3,(H,18,22)(H,20,23)/t9-,13-/m1/s1. The van der Waals surface area contributed by atoms with Gasteiger partial charge >= 0.3 is 0 Å². The van der Waals surface area contributed by atoms with E-state index in [1.54, 1.807) is 17.8 Å². The van der Waals surface area contributed by atoms with Crippen molar-refractivity contribution < 1.29 is 9.53 Å². The van der Waals surface area contributed by atoms with Gasteiger partial charge in [0.25, 0.3) is 11.5 Å². The molecule has 2 aromatic rings. The molecule has 0 unspecified atom stereocenters. The second-order valence-electron chi connectivity index (χ2n) is 6.88. The van der Waals surface area contributed by atoms with Crippen LogP contribution in [0.1, 0.15) is 54.6 Å². The van der Waals surface area contributed by atoms with Gasteiger partial charge in [-0.3, -0.25) is 19.4 Å². The molecule has 0 aromatic carbocycles.